The number of amides is 2. The van der Waals surface area contributed by atoms with Crippen molar-refractivity contribution in [3.05, 3.63) is 36.3 Å². The molecular formula is C12H14N2O4. The lowest BCUT2D eigenvalue weighted by Gasteiger charge is -2.12. The first kappa shape index (κ1) is 12.2. The van der Waals surface area contributed by atoms with Crippen LogP contribution in [0.4, 0.5) is 4.79 Å². The molecule has 6 nitrogen and oxygen atoms in total. The maximum absolute atomic E-state index is 11.5. The average molecular weight is 250 g/mol. The summed E-state index contributed by atoms with van der Waals surface area (Å²) in [5.74, 6) is -1.38. The summed E-state index contributed by atoms with van der Waals surface area (Å²) in [5.41, 5.74) is 0.871. The van der Waals surface area contributed by atoms with Crippen LogP contribution in [0.3, 0.4) is 0 Å². The molecule has 18 heavy (non-hydrogen) atoms. The largest absolute Gasteiger partial charge is 0.481 e. The van der Waals surface area contributed by atoms with E-state index in [4.69, 9.17) is 9.52 Å². The highest BCUT2D eigenvalue weighted by Crippen LogP contribution is 2.17. The summed E-state index contributed by atoms with van der Waals surface area (Å²) < 4.78 is 4.87. The van der Waals surface area contributed by atoms with Gasteiger partial charge in [-0.2, -0.15) is 0 Å². The van der Waals surface area contributed by atoms with Crippen molar-refractivity contribution in [2.45, 2.75) is 19.0 Å². The quantitative estimate of drug-likeness (QED) is 0.698. The Bertz CT molecular complexity index is 453. The first-order chi connectivity index (χ1) is 8.65. The molecule has 2 amide bonds. The van der Waals surface area contributed by atoms with E-state index in [1.165, 1.54) is 6.26 Å². The fourth-order valence-electron chi connectivity index (χ4n) is 1.78. The van der Waals surface area contributed by atoms with E-state index < -0.39 is 11.9 Å². The third kappa shape index (κ3) is 3.13. The van der Waals surface area contributed by atoms with Gasteiger partial charge in [0.2, 0.25) is 0 Å². The minimum absolute atomic E-state index is 0.226. The zero-order chi connectivity index (χ0) is 13.0. The van der Waals surface area contributed by atoms with Crippen LogP contribution in [0, 0.1) is 5.92 Å². The van der Waals surface area contributed by atoms with E-state index in [9.17, 15) is 9.59 Å². The normalized spacial score (nSPS) is 21.8. The van der Waals surface area contributed by atoms with Crippen molar-refractivity contribution in [2.75, 3.05) is 0 Å². The van der Waals surface area contributed by atoms with E-state index in [0.717, 1.165) is 5.56 Å². The van der Waals surface area contributed by atoms with Gasteiger partial charge >= 0.3 is 12.0 Å². The molecule has 3 N–H and O–H groups in total. The van der Waals surface area contributed by atoms with Crippen LogP contribution in [0.1, 0.15) is 12.0 Å². The Morgan fingerprint density at radius 3 is 2.89 bits per heavy atom. The molecule has 0 aliphatic heterocycles. The predicted octanol–water partition coefficient (Wildman–Crippen LogP) is 1.11. The van der Waals surface area contributed by atoms with E-state index in [1.807, 2.05) is 0 Å². The molecule has 1 aromatic rings. The lowest BCUT2D eigenvalue weighted by atomic mass is 10.1. The van der Waals surface area contributed by atoms with Gasteiger partial charge in [0, 0.05) is 12.1 Å². The van der Waals surface area contributed by atoms with E-state index in [1.54, 1.807) is 24.5 Å². The van der Waals surface area contributed by atoms with Crippen molar-refractivity contribution in [2.24, 2.45) is 5.92 Å². The summed E-state index contributed by atoms with van der Waals surface area (Å²) in [4.78, 5) is 22.3. The maximum atomic E-state index is 11.5. The lowest BCUT2D eigenvalue weighted by Crippen LogP contribution is -2.40. The summed E-state index contributed by atoms with van der Waals surface area (Å²) in [7, 11) is 0. The second-order valence-electron chi connectivity index (χ2n) is 4.13. The van der Waals surface area contributed by atoms with Gasteiger partial charge in [-0.3, -0.25) is 4.79 Å². The fourth-order valence-corrected chi connectivity index (χ4v) is 1.78. The molecule has 0 saturated carbocycles. The highest BCUT2D eigenvalue weighted by Gasteiger charge is 2.25. The van der Waals surface area contributed by atoms with Crippen molar-refractivity contribution >= 4 is 12.0 Å². The second kappa shape index (κ2) is 5.39. The smallest absolute Gasteiger partial charge is 0.315 e. The van der Waals surface area contributed by atoms with Crippen molar-refractivity contribution in [3.8, 4) is 0 Å². The minimum Gasteiger partial charge on any atom is -0.481 e. The monoisotopic (exact) mass is 250 g/mol. The number of carbonyl (C=O) groups excluding carboxylic acids is 1. The molecule has 0 spiro atoms. The number of nitrogens with one attached hydrogen (secondary N) is 2. The molecule has 0 radical (unpaired) electrons. The molecule has 2 unspecified atom stereocenters. The van der Waals surface area contributed by atoms with E-state index >= 15 is 0 Å². The van der Waals surface area contributed by atoms with E-state index in [-0.39, 0.29) is 12.1 Å². The summed E-state index contributed by atoms with van der Waals surface area (Å²) in [6.07, 6.45) is 6.79. The molecule has 1 aliphatic rings. The van der Waals surface area contributed by atoms with E-state index in [2.05, 4.69) is 10.6 Å². The van der Waals surface area contributed by atoms with Crippen molar-refractivity contribution < 1.29 is 19.1 Å². The van der Waals surface area contributed by atoms with Crippen LogP contribution in [-0.2, 0) is 11.3 Å². The van der Waals surface area contributed by atoms with Crippen LogP contribution in [0.25, 0.3) is 0 Å². The number of urea groups is 1. The van der Waals surface area contributed by atoms with Gasteiger partial charge in [0.15, 0.2) is 0 Å². The molecule has 0 aromatic carbocycles. The Morgan fingerprint density at radius 2 is 2.28 bits per heavy atom. The van der Waals surface area contributed by atoms with Gasteiger partial charge in [0.1, 0.15) is 0 Å². The summed E-state index contributed by atoms with van der Waals surface area (Å²) in [5, 5.41) is 14.2. The maximum Gasteiger partial charge on any atom is 0.315 e. The number of carbonyl (C=O) groups is 2. The Kier molecular flexibility index (Phi) is 3.66. The van der Waals surface area contributed by atoms with Gasteiger partial charge in [-0.1, -0.05) is 12.2 Å². The highest BCUT2D eigenvalue weighted by molar-refractivity contribution is 5.76. The standard InChI is InChI=1S/C12H14N2O4/c15-11(16)9-1-2-10(5-9)14-12(17)13-6-8-3-4-18-7-8/h1-4,7,9-10H,5-6H2,(H,15,16)(H2,13,14,17). The minimum atomic E-state index is -0.866. The van der Waals surface area contributed by atoms with Crippen molar-refractivity contribution in [1.82, 2.24) is 10.6 Å². The van der Waals surface area contributed by atoms with Gasteiger partial charge in [-0.15, -0.1) is 0 Å². The molecule has 0 saturated heterocycles. The SMILES string of the molecule is O=C(NCc1ccoc1)NC1C=CC(C(=O)O)C1. The molecule has 0 bridgehead atoms. The number of aliphatic carboxylic acids is 1. The topological polar surface area (TPSA) is 91.6 Å². The Hall–Kier alpha value is -2.24. The number of carboxylic acids is 1. The third-order valence-electron chi connectivity index (χ3n) is 2.75. The van der Waals surface area contributed by atoms with E-state index in [0.29, 0.717) is 13.0 Å². The zero-order valence-corrected chi connectivity index (χ0v) is 9.63. The predicted molar refractivity (Wildman–Crippen MR) is 62.8 cm³/mol. The van der Waals surface area contributed by atoms with Gasteiger partial charge in [-0.25, -0.2) is 4.79 Å². The van der Waals surface area contributed by atoms with Crippen molar-refractivity contribution in [1.29, 1.82) is 0 Å². The Morgan fingerprint density at radius 1 is 1.44 bits per heavy atom. The number of carboxylic acid groups (broad SMARTS) is 1. The molecule has 6 heteroatoms. The molecule has 1 aliphatic carbocycles. The van der Waals surface area contributed by atoms with Gasteiger partial charge in [0.05, 0.1) is 24.5 Å². The Balaban J connectivity index is 1.72. The number of rotatable bonds is 4. The van der Waals surface area contributed by atoms with Gasteiger partial charge in [0.25, 0.3) is 0 Å². The first-order valence-corrected chi connectivity index (χ1v) is 5.61. The van der Waals surface area contributed by atoms with Crippen LogP contribution >= 0.6 is 0 Å². The number of furan rings is 1. The Labute approximate surface area is 104 Å². The van der Waals surface area contributed by atoms with Crippen LogP contribution in [-0.4, -0.2) is 23.1 Å². The van der Waals surface area contributed by atoms with Crippen LogP contribution < -0.4 is 10.6 Å². The average Bonchev–Trinajstić information content (AvgIpc) is 2.96. The lowest BCUT2D eigenvalue weighted by molar-refractivity contribution is -0.140. The summed E-state index contributed by atoms with van der Waals surface area (Å²) in [6, 6.07) is 1.21. The zero-order valence-electron chi connectivity index (χ0n) is 9.63. The number of hydrogen-bond acceptors (Lipinski definition) is 3. The van der Waals surface area contributed by atoms with Gasteiger partial charge in [-0.05, 0) is 12.5 Å². The van der Waals surface area contributed by atoms with Crippen LogP contribution in [0.2, 0.25) is 0 Å². The second-order valence-corrected chi connectivity index (χ2v) is 4.13. The molecular weight excluding hydrogens is 236 g/mol. The third-order valence-corrected chi connectivity index (χ3v) is 2.75. The van der Waals surface area contributed by atoms with Gasteiger partial charge < -0.3 is 20.2 Å². The highest BCUT2D eigenvalue weighted by atomic mass is 16.4. The molecule has 2 rings (SSSR count). The fraction of sp³-hybridized carbons (Fsp3) is 0.333. The first-order valence-electron chi connectivity index (χ1n) is 5.61. The molecule has 1 heterocycles. The van der Waals surface area contributed by atoms with Crippen LogP contribution in [0.5, 0.6) is 0 Å². The summed E-state index contributed by atoms with van der Waals surface area (Å²) in [6.45, 7) is 0.376. The molecule has 2 atom stereocenters. The molecule has 96 valence electrons. The van der Waals surface area contributed by atoms with Crippen molar-refractivity contribution in [3.63, 3.8) is 0 Å². The number of hydrogen-bond donors (Lipinski definition) is 3. The summed E-state index contributed by atoms with van der Waals surface area (Å²) >= 11 is 0. The molecule has 0 fully saturated rings. The molecule has 1 aromatic heterocycles. The van der Waals surface area contributed by atoms with Crippen LogP contribution in [0.15, 0.2) is 35.2 Å².